The average molecular weight is 484 g/mol. The number of aliphatic carboxylic acids is 1. The number of rotatable bonds is 11. The Balaban J connectivity index is 1.66. The zero-order valence-corrected chi connectivity index (χ0v) is 20.5. The van der Waals surface area contributed by atoms with Crippen LogP contribution in [0.1, 0.15) is 30.4 Å². The fourth-order valence-corrected chi connectivity index (χ4v) is 4.21. The van der Waals surface area contributed by atoms with Crippen molar-refractivity contribution in [1.29, 1.82) is 0 Å². The molecule has 35 heavy (non-hydrogen) atoms. The van der Waals surface area contributed by atoms with Gasteiger partial charge in [0.2, 0.25) is 5.91 Å². The number of nitrogens with zero attached hydrogens (tertiary/aromatic N) is 1. The molecule has 0 aliphatic heterocycles. The van der Waals surface area contributed by atoms with Crippen LogP contribution in [0, 0.1) is 0 Å². The summed E-state index contributed by atoms with van der Waals surface area (Å²) in [4.78, 5) is 39.0. The van der Waals surface area contributed by atoms with Gasteiger partial charge in [-0.3, -0.25) is 4.79 Å². The Hall–Kier alpha value is -3.43. The van der Waals surface area contributed by atoms with E-state index in [0.717, 1.165) is 22.3 Å². The number of amides is 2. The summed E-state index contributed by atoms with van der Waals surface area (Å²) in [5.41, 5.74) is 4.37. The van der Waals surface area contributed by atoms with Crippen LogP contribution in [0.3, 0.4) is 0 Å². The van der Waals surface area contributed by atoms with Crippen LogP contribution in [0.2, 0.25) is 0 Å². The predicted octanol–water partition coefficient (Wildman–Crippen LogP) is 2.45. The summed E-state index contributed by atoms with van der Waals surface area (Å²) in [6.07, 6.45) is -1.28. The minimum atomic E-state index is -1.15. The molecule has 0 spiro atoms. The van der Waals surface area contributed by atoms with Crippen LogP contribution in [0.15, 0.2) is 48.5 Å². The van der Waals surface area contributed by atoms with Crippen molar-refractivity contribution in [2.45, 2.75) is 37.5 Å². The van der Waals surface area contributed by atoms with Crippen LogP contribution in [-0.4, -0.2) is 80.5 Å². The van der Waals surface area contributed by atoms with E-state index >= 15 is 0 Å². The van der Waals surface area contributed by atoms with Crippen molar-refractivity contribution in [3.8, 4) is 11.1 Å². The lowest BCUT2D eigenvalue weighted by Crippen LogP contribution is -2.56. The van der Waals surface area contributed by atoms with E-state index in [1.54, 1.807) is 6.92 Å². The maximum atomic E-state index is 12.9. The predicted molar refractivity (Wildman–Crippen MR) is 131 cm³/mol. The maximum absolute atomic E-state index is 12.9. The number of hydrogen-bond acceptors (Lipinski definition) is 6. The van der Waals surface area contributed by atoms with Gasteiger partial charge >= 0.3 is 12.1 Å². The van der Waals surface area contributed by atoms with Gasteiger partial charge in [-0.05, 0) is 49.7 Å². The largest absolute Gasteiger partial charge is 0.480 e. The number of alkyl carbamates (subject to hydrolysis) is 1. The molecule has 3 atom stereocenters. The maximum Gasteiger partial charge on any atom is 0.407 e. The second kappa shape index (κ2) is 11.8. The zero-order valence-electron chi connectivity index (χ0n) is 20.5. The lowest BCUT2D eigenvalue weighted by molar-refractivity contribution is -0.142. The minimum absolute atomic E-state index is 0.0934. The summed E-state index contributed by atoms with van der Waals surface area (Å²) in [6.45, 7) is 2.18. The third-order valence-electron chi connectivity index (χ3n) is 6.22. The quantitative estimate of drug-likeness (QED) is 0.449. The molecule has 0 bridgehead atoms. The highest BCUT2D eigenvalue weighted by molar-refractivity contribution is 5.89. The molecule has 2 aromatic carbocycles. The third kappa shape index (κ3) is 6.37. The topological polar surface area (TPSA) is 117 Å². The van der Waals surface area contributed by atoms with E-state index in [9.17, 15) is 19.5 Å². The Morgan fingerprint density at radius 2 is 1.57 bits per heavy atom. The molecular formula is C26H33N3O6. The number of ether oxygens (including phenoxy) is 2. The SMILES string of the molecule is CO[C@H](C)[C@H](NC(=O)OCC1c2ccccc2-c2ccccc21)C(=O)NC(CCN(C)C)C(=O)O. The Labute approximate surface area is 205 Å². The Kier molecular flexibility index (Phi) is 8.84. The van der Waals surface area contributed by atoms with Crippen LogP contribution in [0.25, 0.3) is 11.1 Å². The van der Waals surface area contributed by atoms with Crippen LogP contribution in [-0.2, 0) is 19.1 Å². The molecule has 188 valence electrons. The number of nitrogens with one attached hydrogen (secondary N) is 2. The Morgan fingerprint density at radius 3 is 2.09 bits per heavy atom. The highest BCUT2D eigenvalue weighted by atomic mass is 16.5. The van der Waals surface area contributed by atoms with Gasteiger partial charge in [0.15, 0.2) is 0 Å². The van der Waals surface area contributed by atoms with E-state index in [1.807, 2.05) is 67.5 Å². The van der Waals surface area contributed by atoms with Gasteiger partial charge in [0.05, 0.1) is 6.10 Å². The van der Waals surface area contributed by atoms with Crippen molar-refractivity contribution in [1.82, 2.24) is 15.5 Å². The molecule has 0 saturated carbocycles. The van der Waals surface area contributed by atoms with Gasteiger partial charge in [-0.25, -0.2) is 9.59 Å². The first-order valence-corrected chi connectivity index (χ1v) is 11.5. The molecular weight excluding hydrogens is 450 g/mol. The molecule has 3 N–H and O–H groups in total. The van der Waals surface area contributed by atoms with E-state index < -0.39 is 36.2 Å². The van der Waals surface area contributed by atoms with Crippen molar-refractivity contribution in [2.75, 3.05) is 34.4 Å². The highest BCUT2D eigenvalue weighted by Crippen LogP contribution is 2.44. The molecule has 9 heteroatoms. The molecule has 1 aliphatic carbocycles. The molecule has 0 radical (unpaired) electrons. The number of fused-ring (bicyclic) bond motifs is 3. The number of carbonyl (C=O) groups excluding carboxylic acids is 2. The fourth-order valence-electron chi connectivity index (χ4n) is 4.21. The van der Waals surface area contributed by atoms with Gasteiger partial charge in [-0.2, -0.15) is 0 Å². The van der Waals surface area contributed by atoms with Crippen molar-refractivity contribution < 1.29 is 29.0 Å². The molecule has 1 aliphatic rings. The average Bonchev–Trinajstić information content (AvgIpc) is 3.16. The van der Waals surface area contributed by atoms with E-state index in [1.165, 1.54) is 7.11 Å². The van der Waals surface area contributed by atoms with Gasteiger partial charge < -0.3 is 30.1 Å². The van der Waals surface area contributed by atoms with E-state index in [4.69, 9.17) is 9.47 Å². The number of methoxy groups -OCH3 is 1. The zero-order chi connectivity index (χ0) is 25.5. The molecule has 1 unspecified atom stereocenters. The second-order valence-electron chi connectivity index (χ2n) is 8.88. The monoisotopic (exact) mass is 483 g/mol. The summed E-state index contributed by atoms with van der Waals surface area (Å²) < 4.78 is 10.8. The summed E-state index contributed by atoms with van der Waals surface area (Å²) in [7, 11) is 5.04. The first-order chi connectivity index (χ1) is 16.7. The first kappa shape index (κ1) is 26.2. The summed E-state index contributed by atoms with van der Waals surface area (Å²) in [5.74, 6) is -1.92. The molecule has 3 rings (SSSR count). The number of hydrogen-bond donors (Lipinski definition) is 3. The van der Waals surface area contributed by atoms with Gasteiger partial charge in [-0.1, -0.05) is 48.5 Å². The van der Waals surface area contributed by atoms with Gasteiger partial charge in [0.25, 0.3) is 0 Å². The van der Waals surface area contributed by atoms with Crippen molar-refractivity contribution in [3.63, 3.8) is 0 Å². The number of carboxylic acids is 1. The Bertz CT molecular complexity index is 1010. The molecule has 2 aromatic rings. The second-order valence-corrected chi connectivity index (χ2v) is 8.88. The van der Waals surface area contributed by atoms with Gasteiger partial charge in [0.1, 0.15) is 18.7 Å². The van der Waals surface area contributed by atoms with Crippen LogP contribution < -0.4 is 10.6 Å². The molecule has 0 aromatic heterocycles. The lowest BCUT2D eigenvalue weighted by Gasteiger charge is -2.25. The smallest absolute Gasteiger partial charge is 0.407 e. The molecule has 0 fully saturated rings. The van der Waals surface area contributed by atoms with Crippen molar-refractivity contribution >= 4 is 18.0 Å². The summed E-state index contributed by atoms with van der Waals surface area (Å²) in [6, 6.07) is 13.8. The summed E-state index contributed by atoms with van der Waals surface area (Å²) >= 11 is 0. The minimum Gasteiger partial charge on any atom is -0.480 e. The fraction of sp³-hybridized carbons (Fsp3) is 0.423. The highest BCUT2D eigenvalue weighted by Gasteiger charge is 2.33. The van der Waals surface area contributed by atoms with E-state index in [-0.39, 0.29) is 18.9 Å². The number of benzene rings is 2. The van der Waals surface area contributed by atoms with Crippen LogP contribution in [0.4, 0.5) is 4.79 Å². The lowest BCUT2D eigenvalue weighted by atomic mass is 9.98. The van der Waals surface area contributed by atoms with Crippen molar-refractivity contribution in [3.05, 3.63) is 59.7 Å². The molecule has 2 amide bonds. The van der Waals surface area contributed by atoms with Crippen molar-refractivity contribution in [2.24, 2.45) is 0 Å². The van der Waals surface area contributed by atoms with E-state index in [0.29, 0.717) is 6.54 Å². The first-order valence-electron chi connectivity index (χ1n) is 11.5. The standard InChI is InChI=1S/C26H33N3O6/c1-16(34-4)23(24(30)27-22(25(31)32)13-14-29(2)3)28-26(33)35-15-21-19-11-7-5-9-17(19)18-10-6-8-12-20(18)21/h5-12,16,21-23H,13-15H2,1-4H3,(H,27,30)(H,28,33)(H,31,32)/t16-,22?,23+/m1/s1. The van der Waals surface area contributed by atoms with Gasteiger partial charge in [-0.15, -0.1) is 0 Å². The van der Waals surface area contributed by atoms with Gasteiger partial charge in [0, 0.05) is 19.6 Å². The summed E-state index contributed by atoms with van der Waals surface area (Å²) in [5, 5.41) is 14.5. The van der Waals surface area contributed by atoms with E-state index in [2.05, 4.69) is 10.6 Å². The number of carbonyl (C=O) groups is 3. The molecule has 0 saturated heterocycles. The third-order valence-corrected chi connectivity index (χ3v) is 6.22. The Morgan fingerprint density at radius 1 is 1.00 bits per heavy atom. The van der Waals surface area contributed by atoms with Crippen LogP contribution in [0.5, 0.6) is 0 Å². The number of carboxylic acid groups (broad SMARTS) is 1. The molecule has 0 heterocycles. The van der Waals surface area contributed by atoms with Crippen LogP contribution >= 0.6 is 0 Å². The molecule has 9 nitrogen and oxygen atoms in total. The normalized spacial score (nSPS) is 15.0.